The van der Waals surface area contributed by atoms with E-state index in [1.54, 1.807) is 34.0 Å². The van der Waals surface area contributed by atoms with Crippen molar-refractivity contribution >= 4 is 5.91 Å². The first-order valence-electron chi connectivity index (χ1n) is 6.14. The number of hydrogen-bond acceptors (Lipinski definition) is 2. The van der Waals surface area contributed by atoms with Gasteiger partial charge in [0.1, 0.15) is 5.75 Å². The fraction of sp³-hybridized carbons (Fsp3) is 0.500. The average Bonchev–Trinajstić information content (AvgIpc) is 2.36. The number of aryl methyl sites for hydroxylation is 1. The van der Waals surface area contributed by atoms with Crippen molar-refractivity contribution in [3.63, 3.8) is 0 Å². The van der Waals surface area contributed by atoms with Crippen LogP contribution in [0.5, 0.6) is 5.75 Å². The first-order valence-corrected chi connectivity index (χ1v) is 6.14. The molecular weight excluding hydrogens is 271 g/mol. The predicted octanol–water partition coefficient (Wildman–Crippen LogP) is 3.13. The van der Waals surface area contributed by atoms with E-state index in [1.807, 2.05) is 0 Å². The second-order valence-corrected chi connectivity index (χ2v) is 4.78. The molecule has 112 valence electrons. The van der Waals surface area contributed by atoms with Crippen molar-refractivity contribution in [2.24, 2.45) is 0 Å². The fourth-order valence-electron chi connectivity index (χ4n) is 1.91. The van der Waals surface area contributed by atoms with Crippen LogP contribution in [0.4, 0.5) is 13.2 Å². The summed E-state index contributed by atoms with van der Waals surface area (Å²) in [7, 11) is 3.31. The molecule has 0 N–H and O–H groups in total. The summed E-state index contributed by atoms with van der Waals surface area (Å²) < 4.78 is 41.4. The van der Waals surface area contributed by atoms with Gasteiger partial charge in [-0.3, -0.25) is 4.79 Å². The fourth-order valence-corrected chi connectivity index (χ4v) is 1.91. The Balaban J connectivity index is 2.91. The van der Waals surface area contributed by atoms with Gasteiger partial charge in [0.05, 0.1) is 5.92 Å². The van der Waals surface area contributed by atoms with E-state index in [2.05, 4.69) is 4.74 Å². The Morgan fingerprint density at radius 1 is 1.25 bits per heavy atom. The number of nitrogens with zero attached hydrogens (tertiary/aromatic N) is 1. The summed E-state index contributed by atoms with van der Waals surface area (Å²) in [5.41, 5.74) is 1.44. The first-order chi connectivity index (χ1) is 9.23. The van der Waals surface area contributed by atoms with Gasteiger partial charge >= 0.3 is 6.43 Å². The zero-order chi connectivity index (χ0) is 15.4. The topological polar surface area (TPSA) is 29.5 Å². The maximum Gasteiger partial charge on any atom is 0.304 e. The maximum atomic E-state index is 12.8. The zero-order valence-electron chi connectivity index (χ0n) is 11.9. The normalized spacial score (nSPS) is 14.0. The van der Waals surface area contributed by atoms with Gasteiger partial charge in [-0.05, 0) is 37.1 Å². The molecule has 2 unspecified atom stereocenters. The highest BCUT2D eigenvalue weighted by Gasteiger charge is 2.22. The van der Waals surface area contributed by atoms with Crippen molar-refractivity contribution in [2.75, 3.05) is 14.1 Å². The third-order valence-electron chi connectivity index (χ3n) is 2.97. The van der Waals surface area contributed by atoms with Crippen LogP contribution < -0.4 is 4.74 Å². The number of hydrogen-bond donors (Lipinski definition) is 0. The molecule has 1 amide bonds. The average molecular weight is 289 g/mol. The van der Waals surface area contributed by atoms with Gasteiger partial charge in [0, 0.05) is 14.1 Å². The Morgan fingerprint density at radius 3 is 2.30 bits per heavy atom. The van der Waals surface area contributed by atoms with Crippen LogP contribution in [0.3, 0.4) is 0 Å². The van der Waals surface area contributed by atoms with Crippen molar-refractivity contribution in [1.82, 2.24) is 4.90 Å². The number of ether oxygens (including phenoxy) is 1. The summed E-state index contributed by atoms with van der Waals surface area (Å²) in [4.78, 5) is 13.4. The van der Waals surface area contributed by atoms with Crippen molar-refractivity contribution < 1.29 is 22.7 Å². The molecule has 0 aliphatic rings. The first kappa shape index (κ1) is 16.3. The van der Waals surface area contributed by atoms with Crippen molar-refractivity contribution in [3.8, 4) is 5.75 Å². The summed E-state index contributed by atoms with van der Waals surface area (Å²) in [5.74, 6) is -0.420. The Hall–Kier alpha value is -1.72. The number of likely N-dealkylation sites (N-methyl/N-ethyl adjacent to an activating group) is 1. The summed E-state index contributed by atoms with van der Waals surface area (Å²) in [5, 5.41) is 0. The van der Waals surface area contributed by atoms with Crippen LogP contribution in [-0.2, 0) is 4.79 Å². The van der Waals surface area contributed by atoms with Gasteiger partial charge in [-0.1, -0.05) is 6.07 Å². The Bertz CT molecular complexity index is 477. The number of rotatable bonds is 5. The quantitative estimate of drug-likeness (QED) is 0.833. The van der Waals surface area contributed by atoms with E-state index < -0.39 is 12.8 Å². The lowest BCUT2D eigenvalue weighted by molar-refractivity contribution is -0.129. The SMILES string of the molecule is Cc1cc(OC(F)C(F)F)ccc1C(C)C(=O)N(C)C. The van der Waals surface area contributed by atoms with E-state index in [-0.39, 0.29) is 17.6 Å². The molecule has 2 atom stereocenters. The van der Waals surface area contributed by atoms with E-state index in [9.17, 15) is 18.0 Å². The lowest BCUT2D eigenvalue weighted by Crippen LogP contribution is -2.27. The van der Waals surface area contributed by atoms with Crippen molar-refractivity contribution in [2.45, 2.75) is 32.5 Å². The smallest absolute Gasteiger partial charge is 0.304 e. The summed E-state index contributed by atoms with van der Waals surface area (Å²) in [6.07, 6.45) is -5.84. The molecule has 1 aromatic carbocycles. The van der Waals surface area contributed by atoms with Gasteiger partial charge in [-0.2, -0.15) is 4.39 Å². The van der Waals surface area contributed by atoms with Crippen molar-refractivity contribution in [3.05, 3.63) is 29.3 Å². The molecule has 0 heterocycles. The maximum absolute atomic E-state index is 12.8. The Kier molecular flexibility index (Phi) is 5.42. The molecule has 0 bridgehead atoms. The molecule has 6 heteroatoms. The molecule has 0 radical (unpaired) electrons. The Labute approximate surface area is 116 Å². The molecule has 1 rings (SSSR count). The molecule has 0 aliphatic heterocycles. The van der Waals surface area contributed by atoms with Crippen LogP contribution in [0, 0.1) is 6.92 Å². The van der Waals surface area contributed by atoms with Gasteiger partial charge in [-0.25, -0.2) is 8.78 Å². The molecule has 20 heavy (non-hydrogen) atoms. The minimum absolute atomic E-state index is 0.0172. The highest BCUT2D eigenvalue weighted by atomic mass is 19.3. The molecule has 1 aromatic rings. The number of amides is 1. The van der Waals surface area contributed by atoms with E-state index in [0.29, 0.717) is 5.56 Å². The lowest BCUT2D eigenvalue weighted by Gasteiger charge is -2.19. The monoisotopic (exact) mass is 289 g/mol. The van der Waals surface area contributed by atoms with Gasteiger partial charge in [0.15, 0.2) is 0 Å². The molecule has 0 aliphatic carbocycles. The van der Waals surface area contributed by atoms with Gasteiger partial charge in [-0.15, -0.1) is 0 Å². The highest BCUT2D eigenvalue weighted by Crippen LogP contribution is 2.26. The number of alkyl halides is 3. The molecule has 0 spiro atoms. The lowest BCUT2D eigenvalue weighted by atomic mass is 9.95. The van der Waals surface area contributed by atoms with Gasteiger partial charge in [0.25, 0.3) is 6.36 Å². The summed E-state index contributed by atoms with van der Waals surface area (Å²) in [6, 6.07) is 4.43. The van der Waals surface area contributed by atoms with E-state index in [0.717, 1.165) is 5.56 Å². The molecular formula is C14H18F3NO2. The zero-order valence-corrected chi connectivity index (χ0v) is 11.9. The number of benzene rings is 1. The molecule has 3 nitrogen and oxygen atoms in total. The minimum Gasteiger partial charge on any atom is -0.454 e. The molecule has 0 saturated carbocycles. The van der Waals surface area contributed by atoms with Crippen LogP contribution in [0.1, 0.15) is 24.0 Å². The van der Waals surface area contributed by atoms with Crippen LogP contribution >= 0.6 is 0 Å². The van der Waals surface area contributed by atoms with Crippen molar-refractivity contribution in [1.29, 1.82) is 0 Å². The number of carbonyl (C=O) groups excluding carboxylic acids is 1. The van der Waals surface area contributed by atoms with Gasteiger partial charge < -0.3 is 9.64 Å². The van der Waals surface area contributed by atoms with E-state index >= 15 is 0 Å². The minimum atomic E-state index is -3.19. The second kappa shape index (κ2) is 6.63. The largest absolute Gasteiger partial charge is 0.454 e. The predicted molar refractivity (Wildman–Crippen MR) is 69.8 cm³/mol. The number of halogens is 3. The number of carbonyl (C=O) groups is 1. The van der Waals surface area contributed by atoms with E-state index in [1.165, 1.54) is 17.0 Å². The molecule has 0 saturated heterocycles. The van der Waals surface area contributed by atoms with E-state index in [4.69, 9.17) is 0 Å². The molecule has 0 aromatic heterocycles. The summed E-state index contributed by atoms with van der Waals surface area (Å²) in [6.45, 7) is 3.47. The third kappa shape index (κ3) is 3.88. The summed E-state index contributed by atoms with van der Waals surface area (Å²) >= 11 is 0. The Morgan fingerprint density at radius 2 is 1.85 bits per heavy atom. The van der Waals surface area contributed by atoms with Crippen LogP contribution in [0.25, 0.3) is 0 Å². The highest BCUT2D eigenvalue weighted by molar-refractivity contribution is 5.83. The van der Waals surface area contributed by atoms with Gasteiger partial charge in [0.2, 0.25) is 5.91 Å². The van der Waals surface area contributed by atoms with Crippen LogP contribution in [-0.4, -0.2) is 37.7 Å². The third-order valence-corrected chi connectivity index (χ3v) is 2.97. The molecule has 0 fully saturated rings. The van der Waals surface area contributed by atoms with Crippen LogP contribution in [0.2, 0.25) is 0 Å². The standard InChI is InChI=1S/C14H18F3NO2/c1-8-7-10(20-13(17)12(15)16)5-6-11(8)9(2)14(19)18(3)4/h5-7,9,12-13H,1-4H3. The second-order valence-electron chi connectivity index (χ2n) is 4.78. The van der Waals surface area contributed by atoms with Crippen LogP contribution in [0.15, 0.2) is 18.2 Å².